The summed E-state index contributed by atoms with van der Waals surface area (Å²) < 4.78 is 6.01. The molecule has 9 nitrogen and oxygen atoms in total. The van der Waals surface area contributed by atoms with E-state index < -0.39 is 0 Å². The van der Waals surface area contributed by atoms with E-state index in [4.69, 9.17) is 4.74 Å². The molecule has 9 heteroatoms. The van der Waals surface area contributed by atoms with E-state index in [0.717, 1.165) is 44.7 Å². The number of hydrogen-bond acceptors (Lipinski definition) is 6. The van der Waals surface area contributed by atoms with Crippen molar-refractivity contribution in [2.45, 2.75) is 90.5 Å². The molecule has 4 heterocycles. The first-order chi connectivity index (χ1) is 20.8. The van der Waals surface area contributed by atoms with E-state index in [1.54, 1.807) is 12.1 Å². The van der Waals surface area contributed by atoms with Crippen molar-refractivity contribution in [1.82, 2.24) is 25.4 Å². The van der Waals surface area contributed by atoms with Crippen LogP contribution in [0.25, 0.3) is 0 Å². The lowest BCUT2D eigenvalue weighted by molar-refractivity contribution is -0.136. The molecule has 43 heavy (non-hydrogen) atoms. The minimum Gasteiger partial charge on any atom is -0.478 e. The van der Waals surface area contributed by atoms with Crippen LogP contribution in [-0.2, 0) is 9.59 Å². The molecular weight excluding hydrogens is 542 g/mol. The van der Waals surface area contributed by atoms with Gasteiger partial charge in [-0.05, 0) is 94.6 Å². The zero-order chi connectivity index (χ0) is 30.2. The lowest BCUT2D eigenvalue weighted by Gasteiger charge is -2.42. The fourth-order valence-corrected chi connectivity index (χ4v) is 7.93. The van der Waals surface area contributed by atoms with Crippen LogP contribution in [0.3, 0.4) is 0 Å². The Hall–Kier alpha value is -2.68. The van der Waals surface area contributed by atoms with Gasteiger partial charge in [0.25, 0.3) is 5.91 Å². The number of carbonyl (C=O) groups excluding carboxylic acids is 3. The summed E-state index contributed by atoms with van der Waals surface area (Å²) in [4.78, 5) is 48.7. The molecule has 4 aliphatic rings. The van der Waals surface area contributed by atoms with Gasteiger partial charge in [0.15, 0.2) is 0 Å². The Kier molecular flexibility index (Phi) is 11.3. The van der Waals surface area contributed by atoms with Crippen molar-refractivity contribution >= 4 is 17.7 Å². The van der Waals surface area contributed by atoms with E-state index >= 15 is 0 Å². The molecule has 5 rings (SSSR count). The first-order valence-corrected chi connectivity index (χ1v) is 17.0. The Morgan fingerprint density at radius 3 is 2.65 bits per heavy atom. The average Bonchev–Trinajstić information content (AvgIpc) is 2.99. The topological polar surface area (TPSA) is 104 Å². The number of piperidine rings is 2. The Balaban J connectivity index is 1.30. The van der Waals surface area contributed by atoms with Gasteiger partial charge >= 0.3 is 0 Å². The van der Waals surface area contributed by atoms with Gasteiger partial charge in [0.05, 0.1) is 6.61 Å². The monoisotopic (exact) mass is 595 g/mol. The number of rotatable bonds is 5. The summed E-state index contributed by atoms with van der Waals surface area (Å²) in [5.41, 5.74) is 0.364. The van der Waals surface area contributed by atoms with Crippen molar-refractivity contribution in [3.05, 3.63) is 23.9 Å². The van der Waals surface area contributed by atoms with Crippen LogP contribution in [-0.4, -0.2) is 84.4 Å². The van der Waals surface area contributed by atoms with Crippen LogP contribution < -0.4 is 15.4 Å². The van der Waals surface area contributed by atoms with Gasteiger partial charge in [-0.1, -0.05) is 25.3 Å². The number of likely N-dealkylation sites (tertiary alicyclic amines) is 1. The van der Waals surface area contributed by atoms with Crippen molar-refractivity contribution < 1.29 is 19.1 Å². The van der Waals surface area contributed by atoms with E-state index in [1.165, 1.54) is 38.6 Å². The van der Waals surface area contributed by atoms with Crippen molar-refractivity contribution in [1.29, 1.82) is 0 Å². The molecule has 4 bridgehead atoms. The van der Waals surface area contributed by atoms with Gasteiger partial charge in [0.2, 0.25) is 17.7 Å². The van der Waals surface area contributed by atoms with Crippen LogP contribution in [0.4, 0.5) is 0 Å². The molecular formula is C34H53N5O4. The number of fused-ring (bicyclic) bond motifs is 5. The van der Waals surface area contributed by atoms with Crippen LogP contribution in [0.15, 0.2) is 18.2 Å². The molecule has 1 aliphatic carbocycles. The smallest absolute Gasteiger partial charge is 0.270 e. The second kappa shape index (κ2) is 15.4. The second-order valence-corrected chi connectivity index (χ2v) is 13.9. The standard InChI is InChI=1S/C34H53N5O4/c1-24(2)36-31(40)19-26-13-17-39-23-29(26)14-18-43-32-10-6-9-30(37-32)34(42)35-15-11-28-22-38(16-12-27(28)20-33(39)41)21-25-7-4-3-5-8-25/h6,9-10,24-29H,3-5,7-8,11-23H2,1-2H3,(H,35,42)(H,36,40)/t26-,27-,28-,29-/m0/s1. The fraction of sp³-hybridized carbons (Fsp3) is 0.765. The molecule has 3 amide bonds. The predicted octanol–water partition coefficient (Wildman–Crippen LogP) is 4.27. The number of carbonyl (C=O) groups is 3. The Labute approximate surface area is 257 Å². The zero-order valence-corrected chi connectivity index (χ0v) is 26.4. The Morgan fingerprint density at radius 1 is 1.00 bits per heavy atom. The summed E-state index contributed by atoms with van der Waals surface area (Å²) in [7, 11) is 0. The van der Waals surface area contributed by atoms with Gasteiger partial charge in [0, 0.05) is 57.7 Å². The molecule has 0 radical (unpaired) electrons. The molecule has 1 aromatic heterocycles. The number of amides is 3. The number of aromatic nitrogens is 1. The summed E-state index contributed by atoms with van der Waals surface area (Å²) >= 11 is 0. The summed E-state index contributed by atoms with van der Waals surface area (Å²) in [6, 6.07) is 5.43. The maximum atomic E-state index is 13.8. The van der Waals surface area contributed by atoms with Crippen molar-refractivity contribution in [3.63, 3.8) is 0 Å². The molecule has 4 atom stereocenters. The lowest BCUT2D eigenvalue weighted by Crippen LogP contribution is -2.48. The van der Waals surface area contributed by atoms with E-state index in [1.807, 2.05) is 19.9 Å². The van der Waals surface area contributed by atoms with E-state index in [0.29, 0.717) is 62.5 Å². The molecule has 0 aromatic carbocycles. The third kappa shape index (κ3) is 9.16. The van der Waals surface area contributed by atoms with Gasteiger partial charge in [-0.25, -0.2) is 4.98 Å². The third-order valence-electron chi connectivity index (χ3n) is 10.3. The Bertz CT molecular complexity index is 1090. The zero-order valence-electron chi connectivity index (χ0n) is 26.4. The quantitative estimate of drug-likeness (QED) is 0.527. The molecule has 0 spiro atoms. The highest BCUT2D eigenvalue weighted by Gasteiger charge is 2.36. The summed E-state index contributed by atoms with van der Waals surface area (Å²) in [6.07, 6.45) is 11.2. The first-order valence-electron chi connectivity index (χ1n) is 17.0. The molecule has 1 saturated carbocycles. The van der Waals surface area contributed by atoms with Crippen LogP contribution in [0.1, 0.15) is 95.0 Å². The maximum Gasteiger partial charge on any atom is 0.270 e. The van der Waals surface area contributed by atoms with Crippen LogP contribution in [0.5, 0.6) is 5.88 Å². The van der Waals surface area contributed by atoms with Gasteiger partial charge in [-0.3, -0.25) is 14.4 Å². The van der Waals surface area contributed by atoms with Crippen molar-refractivity contribution in [2.75, 3.05) is 45.9 Å². The average molecular weight is 596 g/mol. The number of pyridine rings is 1. The molecule has 2 saturated heterocycles. The summed E-state index contributed by atoms with van der Waals surface area (Å²) in [6.45, 7) is 9.57. The highest BCUT2D eigenvalue weighted by Crippen LogP contribution is 2.34. The van der Waals surface area contributed by atoms with Gasteiger partial charge in [-0.15, -0.1) is 0 Å². The van der Waals surface area contributed by atoms with E-state index in [-0.39, 0.29) is 35.6 Å². The van der Waals surface area contributed by atoms with E-state index in [2.05, 4.69) is 25.4 Å². The highest BCUT2D eigenvalue weighted by molar-refractivity contribution is 5.92. The van der Waals surface area contributed by atoms with Gasteiger partial charge in [0.1, 0.15) is 5.69 Å². The van der Waals surface area contributed by atoms with Crippen LogP contribution >= 0.6 is 0 Å². The molecule has 2 N–H and O–H groups in total. The number of nitrogens with zero attached hydrogens (tertiary/aromatic N) is 3. The number of ether oxygens (including phenoxy) is 1. The molecule has 0 unspecified atom stereocenters. The summed E-state index contributed by atoms with van der Waals surface area (Å²) in [5.74, 6) is 2.42. The van der Waals surface area contributed by atoms with Gasteiger partial charge in [-0.2, -0.15) is 0 Å². The predicted molar refractivity (Wildman–Crippen MR) is 167 cm³/mol. The second-order valence-electron chi connectivity index (χ2n) is 13.9. The van der Waals surface area contributed by atoms with Gasteiger partial charge < -0.3 is 25.2 Å². The first kappa shape index (κ1) is 31.7. The number of hydrogen-bond donors (Lipinski definition) is 2. The van der Waals surface area contributed by atoms with Crippen molar-refractivity contribution in [2.24, 2.45) is 29.6 Å². The largest absolute Gasteiger partial charge is 0.478 e. The normalized spacial score (nSPS) is 28.4. The molecule has 3 aliphatic heterocycles. The lowest BCUT2D eigenvalue weighted by atomic mass is 9.78. The van der Waals surface area contributed by atoms with Crippen molar-refractivity contribution in [3.8, 4) is 5.88 Å². The molecule has 238 valence electrons. The summed E-state index contributed by atoms with van der Waals surface area (Å²) in [5, 5.41) is 6.13. The maximum absolute atomic E-state index is 13.8. The van der Waals surface area contributed by atoms with Crippen LogP contribution in [0, 0.1) is 29.6 Å². The highest BCUT2D eigenvalue weighted by atomic mass is 16.5. The minimum absolute atomic E-state index is 0.0762. The third-order valence-corrected chi connectivity index (χ3v) is 10.3. The fourth-order valence-electron chi connectivity index (χ4n) is 7.93. The Morgan fingerprint density at radius 2 is 1.84 bits per heavy atom. The molecule has 1 aromatic rings. The SMILES string of the molecule is CC(C)NC(=O)C[C@@H]1CCN2C[C@@H]1CCOc1cccc(n1)C(=O)NCC[C@H]1CN(CC3CCCCC3)CC[C@H]1CC2=O. The van der Waals surface area contributed by atoms with E-state index in [9.17, 15) is 14.4 Å². The minimum atomic E-state index is -0.185. The number of nitrogens with one attached hydrogen (secondary N) is 2. The molecule has 3 fully saturated rings. The van der Waals surface area contributed by atoms with Crippen LogP contribution in [0.2, 0.25) is 0 Å².